The Labute approximate surface area is 134 Å². The van der Waals surface area contributed by atoms with Gasteiger partial charge in [0.1, 0.15) is 0 Å². The summed E-state index contributed by atoms with van der Waals surface area (Å²) in [6.07, 6.45) is 5.60. The largest absolute Gasteiger partial charge is 0.378 e. The molecule has 22 heavy (non-hydrogen) atoms. The van der Waals surface area contributed by atoms with E-state index in [9.17, 15) is 9.59 Å². The molecule has 1 aliphatic heterocycles. The van der Waals surface area contributed by atoms with Crippen LogP contribution < -0.4 is 0 Å². The minimum absolute atomic E-state index is 0.114. The summed E-state index contributed by atoms with van der Waals surface area (Å²) in [6.45, 7) is 5.74. The van der Waals surface area contributed by atoms with Gasteiger partial charge in [0.2, 0.25) is 11.8 Å². The number of rotatable bonds is 5. The van der Waals surface area contributed by atoms with Gasteiger partial charge in [-0.1, -0.05) is 13.3 Å². The fourth-order valence-corrected chi connectivity index (χ4v) is 3.45. The van der Waals surface area contributed by atoms with Crippen molar-refractivity contribution in [3.05, 3.63) is 0 Å². The van der Waals surface area contributed by atoms with Crippen LogP contribution in [0.3, 0.4) is 0 Å². The lowest BCUT2D eigenvalue weighted by Gasteiger charge is -2.34. The van der Waals surface area contributed by atoms with Crippen LogP contribution in [-0.4, -0.2) is 61.5 Å². The predicted octanol–water partition coefficient (Wildman–Crippen LogP) is 1.91. The maximum atomic E-state index is 12.5. The third-order valence-electron chi connectivity index (χ3n) is 4.97. The molecule has 5 heteroatoms. The SMILES string of the molecule is CCCCN(C)C(=O)C1CCC(C(=O)N2CCOCC2)CC1. The molecular formula is C17H30N2O3. The third kappa shape index (κ3) is 4.45. The van der Waals surface area contributed by atoms with Crippen LogP contribution in [0.25, 0.3) is 0 Å². The standard InChI is InChI=1S/C17H30N2O3/c1-3-4-9-18(2)16(20)14-5-7-15(8-6-14)17(21)19-10-12-22-13-11-19/h14-15H,3-13H2,1-2H3. The number of hydrogen-bond donors (Lipinski definition) is 0. The van der Waals surface area contributed by atoms with E-state index < -0.39 is 0 Å². The Bertz CT molecular complexity index is 372. The molecule has 0 unspecified atom stereocenters. The molecule has 2 aliphatic rings. The fraction of sp³-hybridized carbons (Fsp3) is 0.882. The molecule has 126 valence electrons. The average Bonchev–Trinajstić information content (AvgIpc) is 2.59. The van der Waals surface area contributed by atoms with Gasteiger partial charge in [-0.2, -0.15) is 0 Å². The molecule has 2 rings (SSSR count). The van der Waals surface area contributed by atoms with Crippen LogP contribution in [0.2, 0.25) is 0 Å². The molecule has 1 saturated carbocycles. The molecule has 0 spiro atoms. The Kier molecular flexibility index (Phi) is 6.68. The molecule has 5 nitrogen and oxygen atoms in total. The van der Waals surface area contributed by atoms with Gasteiger partial charge in [-0.15, -0.1) is 0 Å². The molecule has 2 amide bonds. The second-order valence-electron chi connectivity index (χ2n) is 6.60. The van der Waals surface area contributed by atoms with Gasteiger partial charge in [0.15, 0.2) is 0 Å². The smallest absolute Gasteiger partial charge is 0.225 e. The monoisotopic (exact) mass is 310 g/mol. The third-order valence-corrected chi connectivity index (χ3v) is 4.97. The number of ether oxygens (including phenoxy) is 1. The van der Waals surface area contributed by atoms with Gasteiger partial charge < -0.3 is 14.5 Å². The molecular weight excluding hydrogens is 280 g/mol. The van der Waals surface area contributed by atoms with E-state index in [-0.39, 0.29) is 23.7 Å². The van der Waals surface area contributed by atoms with E-state index in [1.54, 1.807) is 0 Å². The summed E-state index contributed by atoms with van der Waals surface area (Å²) in [5, 5.41) is 0. The minimum atomic E-state index is 0.114. The quantitative estimate of drug-likeness (QED) is 0.779. The van der Waals surface area contributed by atoms with Crippen LogP contribution in [0.1, 0.15) is 45.4 Å². The van der Waals surface area contributed by atoms with E-state index in [1.807, 2.05) is 16.8 Å². The van der Waals surface area contributed by atoms with Crippen molar-refractivity contribution >= 4 is 11.8 Å². The Hall–Kier alpha value is -1.10. The van der Waals surface area contributed by atoms with Crippen LogP contribution in [0.5, 0.6) is 0 Å². The van der Waals surface area contributed by atoms with Crippen molar-refractivity contribution in [1.82, 2.24) is 9.80 Å². The second-order valence-corrected chi connectivity index (χ2v) is 6.60. The summed E-state index contributed by atoms with van der Waals surface area (Å²) < 4.78 is 5.30. The normalized spacial score (nSPS) is 25.8. The topological polar surface area (TPSA) is 49.9 Å². The van der Waals surface area contributed by atoms with Crippen molar-refractivity contribution in [2.24, 2.45) is 11.8 Å². The van der Waals surface area contributed by atoms with E-state index in [2.05, 4.69) is 6.92 Å². The van der Waals surface area contributed by atoms with Crippen molar-refractivity contribution in [3.8, 4) is 0 Å². The maximum Gasteiger partial charge on any atom is 0.225 e. The molecule has 1 aliphatic carbocycles. The number of amides is 2. The first-order valence-corrected chi connectivity index (χ1v) is 8.75. The van der Waals surface area contributed by atoms with Gasteiger partial charge in [-0.05, 0) is 32.1 Å². The zero-order valence-electron chi connectivity index (χ0n) is 14.1. The first-order valence-electron chi connectivity index (χ1n) is 8.75. The van der Waals surface area contributed by atoms with E-state index in [0.717, 1.165) is 58.2 Å². The van der Waals surface area contributed by atoms with Crippen molar-refractivity contribution < 1.29 is 14.3 Å². The lowest BCUT2D eigenvalue weighted by Crippen LogP contribution is -2.45. The summed E-state index contributed by atoms with van der Waals surface area (Å²) in [5.41, 5.74) is 0. The van der Waals surface area contributed by atoms with Crippen LogP contribution in [-0.2, 0) is 14.3 Å². The number of carbonyl (C=O) groups excluding carboxylic acids is 2. The van der Waals surface area contributed by atoms with Gasteiger partial charge >= 0.3 is 0 Å². The van der Waals surface area contributed by atoms with E-state index in [0.29, 0.717) is 13.2 Å². The molecule has 0 atom stereocenters. The number of unbranched alkanes of at least 4 members (excludes halogenated alkanes) is 1. The molecule has 0 aromatic heterocycles. The summed E-state index contributed by atoms with van der Waals surface area (Å²) >= 11 is 0. The van der Waals surface area contributed by atoms with Crippen molar-refractivity contribution in [2.45, 2.75) is 45.4 Å². The van der Waals surface area contributed by atoms with Gasteiger partial charge in [-0.25, -0.2) is 0 Å². The predicted molar refractivity (Wildman–Crippen MR) is 85.4 cm³/mol. The van der Waals surface area contributed by atoms with Crippen molar-refractivity contribution in [3.63, 3.8) is 0 Å². The highest BCUT2D eigenvalue weighted by Crippen LogP contribution is 2.31. The van der Waals surface area contributed by atoms with Gasteiger partial charge in [-0.3, -0.25) is 9.59 Å². The summed E-state index contributed by atoms with van der Waals surface area (Å²) in [7, 11) is 1.91. The van der Waals surface area contributed by atoms with E-state index in [1.165, 1.54) is 0 Å². The second kappa shape index (κ2) is 8.51. The summed E-state index contributed by atoms with van der Waals surface area (Å²) in [5.74, 6) is 0.776. The molecule has 0 radical (unpaired) electrons. The van der Waals surface area contributed by atoms with Crippen LogP contribution in [0, 0.1) is 11.8 Å². The zero-order chi connectivity index (χ0) is 15.9. The number of carbonyl (C=O) groups is 2. The Morgan fingerprint density at radius 3 is 2.27 bits per heavy atom. The van der Waals surface area contributed by atoms with Crippen molar-refractivity contribution in [2.75, 3.05) is 39.9 Å². The van der Waals surface area contributed by atoms with Crippen LogP contribution in [0.4, 0.5) is 0 Å². The minimum Gasteiger partial charge on any atom is -0.378 e. The van der Waals surface area contributed by atoms with E-state index in [4.69, 9.17) is 4.74 Å². The lowest BCUT2D eigenvalue weighted by molar-refractivity contribution is -0.143. The summed E-state index contributed by atoms with van der Waals surface area (Å²) in [6, 6.07) is 0. The zero-order valence-corrected chi connectivity index (χ0v) is 14.1. The highest BCUT2D eigenvalue weighted by Gasteiger charge is 2.33. The highest BCUT2D eigenvalue weighted by atomic mass is 16.5. The molecule has 2 fully saturated rings. The fourth-order valence-electron chi connectivity index (χ4n) is 3.45. The molecule has 0 bridgehead atoms. The Balaban J connectivity index is 1.77. The van der Waals surface area contributed by atoms with Gasteiger partial charge in [0, 0.05) is 38.5 Å². The van der Waals surface area contributed by atoms with Crippen LogP contribution >= 0.6 is 0 Å². The van der Waals surface area contributed by atoms with Gasteiger partial charge in [0.25, 0.3) is 0 Å². The first-order chi connectivity index (χ1) is 10.6. The molecule has 1 heterocycles. The average molecular weight is 310 g/mol. The Morgan fingerprint density at radius 2 is 1.68 bits per heavy atom. The van der Waals surface area contributed by atoms with Crippen LogP contribution in [0.15, 0.2) is 0 Å². The number of morpholine rings is 1. The Morgan fingerprint density at radius 1 is 1.09 bits per heavy atom. The highest BCUT2D eigenvalue weighted by molar-refractivity contribution is 5.81. The molecule has 1 saturated heterocycles. The lowest BCUT2D eigenvalue weighted by atomic mass is 9.80. The number of hydrogen-bond acceptors (Lipinski definition) is 3. The number of nitrogens with zero attached hydrogens (tertiary/aromatic N) is 2. The molecule has 0 N–H and O–H groups in total. The van der Waals surface area contributed by atoms with Gasteiger partial charge in [0.05, 0.1) is 13.2 Å². The maximum absolute atomic E-state index is 12.5. The van der Waals surface area contributed by atoms with Crippen molar-refractivity contribution in [1.29, 1.82) is 0 Å². The molecule has 0 aromatic rings. The molecule has 0 aromatic carbocycles. The first kappa shape index (κ1) is 17.3. The summed E-state index contributed by atoms with van der Waals surface area (Å²) in [4.78, 5) is 28.7. The van der Waals surface area contributed by atoms with E-state index >= 15 is 0 Å².